The third kappa shape index (κ3) is 2.76. The van der Waals surface area contributed by atoms with E-state index in [1.54, 1.807) is 17.6 Å². The van der Waals surface area contributed by atoms with Crippen LogP contribution in [0.5, 0.6) is 0 Å². The molecule has 3 aromatic rings. The lowest BCUT2D eigenvalue weighted by Gasteiger charge is -2.19. The summed E-state index contributed by atoms with van der Waals surface area (Å²) in [4.78, 5) is 5.76. The Kier molecular flexibility index (Phi) is 3.36. The van der Waals surface area contributed by atoms with Crippen molar-refractivity contribution in [2.75, 3.05) is 0 Å². The highest BCUT2D eigenvalue weighted by molar-refractivity contribution is 7.15. The average molecular weight is 286 g/mol. The monoisotopic (exact) mass is 286 g/mol. The Bertz CT molecular complexity index is 721. The van der Waals surface area contributed by atoms with Gasteiger partial charge in [0.2, 0.25) is 0 Å². The van der Waals surface area contributed by atoms with Crippen LogP contribution in [0, 0.1) is 0 Å². The molecule has 20 heavy (non-hydrogen) atoms. The fourth-order valence-corrected chi connectivity index (χ4v) is 2.88. The lowest BCUT2D eigenvalue weighted by Crippen LogP contribution is -2.34. The molecule has 0 saturated heterocycles. The fraction of sp³-hybridized carbons (Fsp3) is 0.312. The molecule has 0 unspecified atom stereocenters. The van der Waals surface area contributed by atoms with E-state index in [1.165, 1.54) is 4.88 Å². The Morgan fingerprint density at radius 2 is 2.05 bits per heavy atom. The van der Waals surface area contributed by atoms with E-state index < -0.39 is 0 Å². The summed E-state index contributed by atoms with van der Waals surface area (Å²) in [6.07, 6.45) is 3.74. The van der Waals surface area contributed by atoms with Gasteiger partial charge in [-0.15, -0.1) is 11.3 Å². The van der Waals surface area contributed by atoms with Crippen LogP contribution >= 0.6 is 11.3 Å². The van der Waals surface area contributed by atoms with Crippen molar-refractivity contribution in [1.82, 2.24) is 10.3 Å². The highest BCUT2D eigenvalue weighted by Gasteiger charge is 2.13. The molecule has 0 fully saturated rings. The molecule has 0 amide bonds. The van der Waals surface area contributed by atoms with Crippen molar-refractivity contribution in [2.45, 2.75) is 32.9 Å². The summed E-state index contributed by atoms with van der Waals surface area (Å²) in [5.41, 5.74) is 2.10. The maximum Gasteiger partial charge on any atom is 0.134 e. The molecule has 0 atom stereocenters. The smallest absolute Gasteiger partial charge is 0.134 e. The van der Waals surface area contributed by atoms with E-state index in [4.69, 9.17) is 4.42 Å². The molecule has 104 valence electrons. The van der Waals surface area contributed by atoms with Gasteiger partial charge in [-0.25, -0.2) is 4.98 Å². The molecule has 0 radical (unpaired) electrons. The van der Waals surface area contributed by atoms with Crippen LogP contribution in [0.4, 0.5) is 0 Å². The second-order valence-electron chi connectivity index (χ2n) is 5.88. The summed E-state index contributed by atoms with van der Waals surface area (Å²) in [6.45, 7) is 7.34. The first-order valence-electron chi connectivity index (χ1n) is 6.69. The maximum absolute atomic E-state index is 5.58. The minimum Gasteiger partial charge on any atom is -0.464 e. The molecule has 0 saturated carbocycles. The lowest BCUT2D eigenvalue weighted by atomic mass is 10.1. The van der Waals surface area contributed by atoms with Gasteiger partial charge in [-0.1, -0.05) is 18.2 Å². The summed E-state index contributed by atoms with van der Waals surface area (Å²) < 4.78 is 5.58. The maximum atomic E-state index is 5.58. The van der Waals surface area contributed by atoms with E-state index in [2.05, 4.69) is 37.1 Å². The number of nitrogens with one attached hydrogen (secondary N) is 1. The van der Waals surface area contributed by atoms with Crippen molar-refractivity contribution in [2.24, 2.45) is 0 Å². The number of benzene rings is 1. The van der Waals surface area contributed by atoms with E-state index in [-0.39, 0.29) is 5.54 Å². The van der Waals surface area contributed by atoms with E-state index in [0.717, 1.165) is 28.1 Å². The van der Waals surface area contributed by atoms with Crippen LogP contribution in [0.15, 0.2) is 41.1 Å². The quantitative estimate of drug-likeness (QED) is 0.773. The number of para-hydroxylation sites is 1. The van der Waals surface area contributed by atoms with Gasteiger partial charge in [0.1, 0.15) is 16.9 Å². The molecule has 2 heterocycles. The topological polar surface area (TPSA) is 38.1 Å². The van der Waals surface area contributed by atoms with Crippen LogP contribution in [0.25, 0.3) is 21.5 Å². The lowest BCUT2D eigenvalue weighted by molar-refractivity contribution is 0.426. The normalized spacial score (nSPS) is 12.2. The van der Waals surface area contributed by atoms with Gasteiger partial charge in [0.15, 0.2) is 0 Å². The molecular formula is C16H18N2OS. The highest BCUT2D eigenvalue weighted by Crippen LogP contribution is 2.33. The molecule has 3 rings (SSSR count). The predicted molar refractivity (Wildman–Crippen MR) is 83.9 cm³/mol. The number of nitrogens with zero attached hydrogens (tertiary/aromatic N) is 1. The first-order valence-corrected chi connectivity index (χ1v) is 7.51. The molecule has 0 aliphatic carbocycles. The molecule has 3 nitrogen and oxygen atoms in total. The molecule has 0 aliphatic rings. The largest absolute Gasteiger partial charge is 0.464 e. The van der Waals surface area contributed by atoms with E-state index in [9.17, 15) is 0 Å². The second kappa shape index (κ2) is 5.04. The van der Waals surface area contributed by atoms with Crippen LogP contribution in [0.3, 0.4) is 0 Å². The van der Waals surface area contributed by atoms with Crippen LogP contribution in [-0.4, -0.2) is 10.5 Å². The fourth-order valence-electron chi connectivity index (χ4n) is 2.01. The zero-order valence-corrected chi connectivity index (χ0v) is 12.8. The molecule has 0 bridgehead atoms. The zero-order valence-electron chi connectivity index (χ0n) is 11.9. The second-order valence-corrected chi connectivity index (χ2v) is 7.00. The van der Waals surface area contributed by atoms with Crippen molar-refractivity contribution in [1.29, 1.82) is 0 Å². The average Bonchev–Trinajstić information content (AvgIpc) is 3.01. The number of thiazole rings is 1. The van der Waals surface area contributed by atoms with Gasteiger partial charge in [-0.2, -0.15) is 0 Å². The zero-order chi connectivity index (χ0) is 14.2. The summed E-state index contributed by atoms with van der Waals surface area (Å²) in [6, 6.07) is 8.06. The SMILES string of the molecule is CC(C)(C)NCc1cnc(-c2coc3ccccc23)s1. The molecular weight excluding hydrogens is 268 g/mol. The number of hydrogen-bond donors (Lipinski definition) is 1. The number of rotatable bonds is 3. The Morgan fingerprint density at radius 3 is 2.85 bits per heavy atom. The third-order valence-electron chi connectivity index (χ3n) is 3.06. The number of fused-ring (bicyclic) bond motifs is 1. The molecule has 4 heteroatoms. The van der Waals surface area contributed by atoms with Crippen molar-refractivity contribution >= 4 is 22.3 Å². The minimum atomic E-state index is 0.118. The van der Waals surface area contributed by atoms with Gasteiger partial charge in [-0.3, -0.25) is 0 Å². The van der Waals surface area contributed by atoms with Crippen molar-refractivity contribution in [3.8, 4) is 10.6 Å². The molecule has 0 aliphatic heterocycles. The summed E-state index contributed by atoms with van der Waals surface area (Å²) >= 11 is 1.71. The van der Waals surface area contributed by atoms with Gasteiger partial charge >= 0.3 is 0 Å². The first-order chi connectivity index (χ1) is 9.53. The van der Waals surface area contributed by atoms with Gasteiger partial charge in [0.05, 0.1) is 5.56 Å². The Hall–Kier alpha value is -1.65. The van der Waals surface area contributed by atoms with E-state index >= 15 is 0 Å². The summed E-state index contributed by atoms with van der Waals surface area (Å²) in [5, 5.41) is 5.62. The number of furan rings is 1. The van der Waals surface area contributed by atoms with Crippen LogP contribution in [0.2, 0.25) is 0 Å². The molecule has 1 N–H and O–H groups in total. The first kappa shape index (κ1) is 13.3. The predicted octanol–water partition coefficient (Wildman–Crippen LogP) is 4.44. The van der Waals surface area contributed by atoms with Crippen LogP contribution in [-0.2, 0) is 6.54 Å². The number of aromatic nitrogens is 1. The van der Waals surface area contributed by atoms with Crippen LogP contribution < -0.4 is 5.32 Å². The Balaban J connectivity index is 1.86. The van der Waals surface area contributed by atoms with Crippen molar-refractivity contribution in [3.63, 3.8) is 0 Å². The molecule has 0 spiro atoms. The standard InChI is InChI=1S/C16H18N2OS/c1-16(2,3)18-9-11-8-17-15(20-11)13-10-19-14-7-5-4-6-12(13)14/h4-8,10,18H,9H2,1-3H3. The minimum absolute atomic E-state index is 0.118. The van der Waals surface area contributed by atoms with Crippen molar-refractivity contribution in [3.05, 3.63) is 41.6 Å². The van der Waals surface area contributed by atoms with Gasteiger partial charge in [0, 0.05) is 28.5 Å². The molecule has 2 aromatic heterocycles. The Labute approximate surface area is 122 Å². The Morgan fingerprint density at radius 1 is 1.25 bits per heavy atom. The third-order valence-corrected chi connectivity index (χ3v) is 4.09. The summed E-state index contributed by atoms with van der Waals surface area (Å²) in [7, 11) is 0. The van der Waals surface area contributed by atoms with E-state index in [0.29, 0.717) is 0 Å². The summed E-state index contributed by atoms with van der Waals surface area (Å²) in [5.74, 6) is 0. The van der Waals surface area contributed by atoms with Crippen molar-refractivity contribution < 1.29 is 4.42 Å². The van der Waals surface area contributed by atoms with Gasteiger partial charge < -0.3 is 9.73 Å². The van der Waals surface area contributed by atoms with Gasteiger partial charge in [0.25, 0.3) is 0 Å². The van der Waals surface area contributed by atoms with Gasteiger partial charge in [-0.05, 0) is 26.8 Å². The van der Waals surface area contributed by atoms with Crippen LogP contribution in [0.1, 0.15) is 25.6 Å². The highest BCUT2D eigenvalue weighted by atomic mass is 32.1. The molecule has 1 aromatic carbocycles. The number of hydrogen-bond acceptors (Lipinski definition) is 4. The van der Waals surface area contributed by atoms with E-state index in [1.807, 2.05) is 24.4 Å².